The van der Waals surface area contributed by atoms with Crippen molar-refractivity contribution in [3.05, 3.63) is 30.0 Å². The first-order chi connectivity index (χ1) is 9.95. The van der Waals surface area contributed by atoms with Crippen LogP contribution in [0.3, 0.4) is 0 Å². The van der Waals surface area contributed by atoms with Crippen molar-refractivity contribution in [1.29, 1.82) is 0 Å². The predicted molar refractivity (Wildman–Crippen MR) is 75.2 cm³/mol. The van der Waals surface area contributed by atoms with Gasteiger partial charge in [0.1, 0.15) is 0 Å². The van der Waals surface area contributed by atoms with Gasteiger partial charge in [0.15, 0.2) is 11.5 Å². The average Bonchev–Trinajstić information content (AvgIpc) is 2.46. The SMILES string of the molecule is CC1CCN(c2nc3ccccc3nc2C(F)(F)F)CC1. The second-order valence-electron chi connectivity index (χ2n) is 5.55. The summed E-state index contributed by atoms with van der Waals surface area (Å²) in [5.41, 5.74) is -0.103. The van der Waals surface area contributed by atoms with Crippen molar-refractivity contribution in [2.45, 2.75) is 25.9 Å². The molecule has 1 aliphatic rings. The summed E-state index contributed by atoms with van der Waals surface area (Å²) in [4.78, 5) is 9.76. The molecule has 0 atom stereocenters. The molecule has 3 rings (SSSR count). The van der Waals surface area contributed by atoms with E-state index >= 15 is 0 Å². The highest BCUT2D eigenvalue weighted by Crippen LogP contribution is 2.36. The van der Waals surface area contributed by atoms with Crippen LogP contribution < -0.4 is 4.90 Å². The van der Waals surface area contributed by atoms with Crippen molar-refractivity contribution < 1.29 is 13.2 Å². The van der Waals surface area contributed by atoms with Gasteiger partial charge in [-0.2, -0.15) is 13.2 Å². The van der Waals surface area contributed by atoms with Gasteiger partial charge in [0.2, 0.25) is 0 Å². The lowest BCUT2D eigenvalue weighted by Crippen LogP contribution is -2.35. The second-order valence-corrected chi connectivity index (χ2v) is 5.55. The maximum atomic E-state index is 13.3. The number of fused-ring (bicyclic) bond motifs is 1. The Balaban J connectivity index is 2.10. The Bertz CT molecular complexity index is 646. The maximum Gasteiger partial charge on any atom is 0.437 e. The van der Waals surface area contributed by atoms with Gasteiger partial charge in [0, 0.05) is 13.1 Å². The molecule has 21 heavy (non-hydrogen) atoms. The number of hydrogen-bond acceptors (Lipinski definition) is 3. The van der Waals surface area contributed by atoms with Crippen LogP contribution in [0, 0.1) is 5.92 Å². The van der Waals surface area contributed by atoms with Gasteiger partial charge in [-0.25, -0.2) is 9.97 Å². The van der Waals surface area contributed by atoms with E-state index in [1.54, 1.807) is 29.2 Å². The summed E-state index contributed by atoms with van der Waals surface area (Å²) in [7, 11) is 0. The van der Waals surface area contributed by atoms with E-state index in [4.69, 9.17) is 0 Å². The zero-order valence-electron chi connectivity index (χ0n) is 11.7. The van der Waals surface area contributed by atoms with Crippen LogP contribution >= 0.6 is 0 Å². The van der Waals surface area contributed by atoms with Crippen molar-refractivity contribution in [2.75, 3.05) is 18.0 Å². The highest BCUT2D eigenvalue weighted by atomic mass is 19.4. The first-order valence-electron chi connectivity index (χ1n) is 7.04. The van der Waals surface area contributed by atoms with E-state index in [-0.39, 0.29) is 11.3 Å². The van der Waals surface area contributed by atoms with Crippen LogP contribution in [-0.4, -0.2) is 23.1 Å². The van der Waals surface area contributed by atoms with Crippen LogP contribution in [0.25, 0.3) is 11.0 Å². The largest absolute Gasteiger partial charge is 0.437 e. The number of aromatic nitrogens is 2. The van der Waals surface area contributed by atoms with Crippen molar-refractivity contribution >= 4 is 16.9 Å². The monoisotopic (exact) mass is 295 g/mol. The lowest BCUT2D eigenvalue weighted by molar-refractivity contribution is -0.140. The fourth-order valence-corrected chi connectivity index (χ4v) is 2.62. The summed E-state index contributed by atoms with van der Waals surface area (Å²) in [5, 5.41) is 0. The minimum Gasteiger partial charge on any atom is -0.355 e. The van der Waals surface area contributed by atoms with Gasteiger partial charge >= 0.3 is 6.18 Å². The van der Waals surface area contributed by atoms with E-state index in [9.17, 15) is 13.2 Å². The van der Waals surface area contributed by atoms with Crippen LogP contribution in [0.2, 0.25) is 0 Å². The molecular weight excluding hydrogens is 279 g/mol. The van der Waals surface area contributed by atoms with Crippen molar-refractivity contribution in [3.8, 4) is 0 Å². The molecule has 2 aromatic rings. The third-order valence-electron chi connectivity index (χ3n) is 3.90. The number of nitrogens with zero attached hydrogens (tertiary/aromatic N) is 3. The second kappa shape index (κ2) is 5.16. The Kier molecular flexibility index (Phi) is 3.47. The topological polar surface area (TPSA) is 29.0 Å². The molecule has 0 amide bonds. The van der Waals surface area contributed by atoms with Crippen LogP contribution in [0.4, 0.5) is 19.0 Å². The average molecular weight is 295 g/mol. The van der Waals surface area contributed by atoms with Gasteiger partial charge in [-0.05, 0) is 30.9 Å². The molecule has 1 aliphatic heterocycles. The zero-order chi connectivity index (χ0) is 15.0. The minimum atomic E-state index is -4.49. The van der Waals surface area contributed by atoms with Crippen LogP contribution in [-0.2, 0) is 6.18 Å². The van der Waals surface area contributed by atoms with Crippen LogP contribution in [0.5, 0.6) is 0 Å². The molecule has 6 heteroatoms. The van der Waals surface area contributed by atoms with Gasteiger partial charge < -0.3 is 4.90 Å². The first kappa shape index (κ1) is 14.1. The summed E-state index contributed by atoms with van der Waals surface area (Å²) >= 11 is 0. The van der Waals surface area contributed by atoms with Crippen molar-refractivity contribution in [3.63, 3.8) is 0 Å². The van der Waals surface area contributed by atoms with Crippen molar-refractivity contribution in [2.24, 2.45) is 5.92 Å². The molecule has 3 nitrogen and oxygen atoms in total. The molecule has 1 aromatic heterocycles. The lowest BCUT2D eigenvalue weighted by Gasteiger charge is -2.32. The van der Waals surface area contributed by atoms with E-state index in [1.807, 2.05) is 0 Å². The standard InChI is InChI=1S/C15H16F3N3/c1-10-6-8-21(9-7-10)14-13(15(16,17)18)19-11-4-2-3-5-12(11)20-14/h2-5,10H,6-9H2,1H3. The Morgan fingerprint density at radius 1 is 1.05 bits per heavy atom. The third kappa shape index (κ3) is 2.80. The Morgan fingerprint density at radius 3 is 2.19 bits per heavy atom. The van der Waals surface area contributed by atoms with Gasteiger partial charge in [-0.1, -0.05) is 19.1 Å². The summed E-state index contributed by atoms with van der Waals surface area (Å²) < 4.78 is 39.8. The molecule has 0 unspecified atom stereocenters. The molecule has 0 radical (unpaired) electrons. The van der Waals surface area contributed by atoms with Gasteiger partial charge in [-0.3, -0.25) is 0 Å². The van der Waals surface area contributed by atoms with E-state index in [1.165, 1.54) is 0 Å². The molecule has 112 valence electrons. The number of alkyl halides is 3. The lowest BCUT2D eigenvalue weighted by atomic mass is 9.99. The molecule has 1 saturated heterocycles. The summed E-state index contributed by atoms with van der Waals surface area (Å²) in [5.74, 6) is 0.511. The number of para-hydroxylation sites is 2. The molecule has 0 aliphatic carbocycles. The molecule has 0 N–H and O–H groups in total. The highest BCUT2D eigenvalue weighted by Gasteiger charge is 2.38. The highest BCUT2D eigenvalue weighted by molar-refractivity contribution is 5.76. The third-order valence-corrected chi connectivity index (χ3v) is 3.90. The number of anilines is 1. The summed E-state index contributed by atoms with van der Waals surface area (Å²) in [6.45, 7) is 3.31. The number of piperidine rings is 1. The van der Waals surface area contributed by atoms with E-state index in [2.05, 4.69) is 16.9 Å². The first-order valence-corrected chi connectivity index (χ1v) is 7.04. The summed E-state index contributed by atoms with van der Waals surface area (Å²) in [6.07, 6.45) is -2.73. The van der Waals surface area contributed by atoms with Crippen LogP contribution in [0.1, 0.15) is 25.5 Å². The number of rotatable bonds is 1. The van der Waals surface area contributed by atoms with Crippen molar-refractivity contribution in [1.82, 2.24) is 9.97 Å². The van der Waals surface area contributed by atoms with E-state index in [0.717, 1.165) is 12.8 Å². The summed E-state index contributed by atoms with van der Waals surface area (Å²) in [6, 6.07) is 6.67. The predicted octanol–water partition coefficient (Wildman–Crippen LogP) is 3.88. The maximum absolute atomic E-state index is 13.3. The minimum absolute atomic E-state index is 0.0342. The van der Waals surface area contributed by atoms with E-state index in [0.29, 0.717) is 24.5 Å². The van der Waals surface area contributed by atoms with Gasteiger partial charge in [0.05, 0.1) is 11.0 Å². The molecule has 2 heterocycles. The fraction of sp³-hybridized carbons (Fsp3) is 0.467. The fourth-order valence-electron chi connectivity index (χ4n) is 2.62. The van der Waals surface area contributed by atoms with Gasteiger partial charge in [0.25, 0.3) is 0 Å². The number of hydrogen-bond donors (Lipinski definition) is 0. The molecule has 1 fully saturated rings. The normalized spacial score (nSPS) is 17.4. The molecular formula is C15H16F3N3. The Hall–Kier alpha value is -1.85. The van der Waals surface area contributed by atoms with Gasteiger partial charge in [-0.15, -0.1) is 0 Å². The number of benzene rings is 1. The molecule has 0 spiro atoms. The Morgan fingerprint density at radius 2 is 1.62 bits per heavy atom. The van der Waals surface area contributed by atoms with Crippen LogP contribution in [0.15, 0.2) is 24.3 Å². The molecule has 0 bridgehead atoms. The molecule has 0 saturated carbocycles. The Labute approximate surface area is 120 Å². The zero-order valence-corrected chi connectivity index (χ0v) is 11.7. The smallest absolute Gasteiger partial charge is 0.355 e. The quantitative estimate of drug-likeness (QED) is 0.799. The number of halogens is 3. The molecule has 1 aromatic carbocycles. The van der Waals surface area contributed by atoms with E-state index < -0.39 is 11.9 Å².